The van der Waals surface area contributed by atoms with E-state index < -0.39 is 0 Å². The van der Waals surface area contributed by atoms with Crippen LogP contribution in [-0.2, 0) is 14.3 Å². The van der Waals surface area contributed by atoms with Crippen LogP contribution in [0.2, 0.25) is 0 Å². The van der Waals surface area contributed by atoms with Crippen molar-refractivity contribution >= 4 is 5.97 Å². The lowest BCUT2D eigenvalue weighted by atomic mass is 9.85. The summed E-state index contributed by atoms with van der Waals surface area (Å²) in [5, 5.41) is 0. The van der Waals surface area contributed by atoms with Crippen molar-refractivity contribution in [3.63, 3.8) is 0 Å². The Bertz CT molecular complexity index is 299. The zero-order valence-electron chi connectivity index (χ0n) is 10.1. The van der Waals surface area contributed by atoms with E-state index in [9.17, 15) is 4.79 Å². The first-order chi connectivity index (χ1) is 8.25. The van der Waals surface area contributed by atoms with Crippen LogP contribution in [0.3, 0.4) is 0 Å². The highest BCUT2D eigenvalue weighted by atomic mass is 16.6. The standard InChI is InChI=1S/C13H21NO3/c14-12-9-4-3-8(6-9)11(12)13(15)17-7-10-2-1-5-16-10/h8-12H,1-7,14H2. The van der Waals surface area contributed by atoms with Crippen molar-refractivity contribution in [1.29, 1.82) is 0 Å². The van der Waals surface area contributed by atoms with Gasteiger partial charge in [-0.05, 0) is 43.9 Å². The fourth-order valence-corrected chi connectivity index (χ4v) is 3.73. The summed E-state index contributed by atoms with van der Waals surface area (Å²) in [5.74, 6) is 0.905. The Kier molecular flexibility index (Phi) is 3.09. The predicted molar refractivity (Wildman–Crippen MR) is 62.2 cm³/mol. The van der Waals surface area contributed by atoms with Crippen molar-refractivity contribution in [2.24, 2.45) is 23.5 Å². The fraction of sp³-hybridized carbons (Fsp3) is 0.923. The first-order valence-corrected chi connectivity index (χ1v) is 6.79. The number of nitrogens with two attached hydrogens (primary N) is 1. The largest absolute Gasteiger partial charge is 0.463 e. The van der Waals surface area contributed by atoms with Gasteiger partial charge in [-0.15, -0.1) is 0 Å². The van der Waals surface area contributed by atoms with Crippen LogP contribution in [0.5, 0.6) is 0 Å². The van der Waals surface area contributed by atoms with Gasteiger partial charge in [0.1, 0.15) is 6.61 Å². The quantitative estimate of drug-likeness (QED) is 0.749. The second kappa shape index (κ2) is 4.58. The minimum atomic E-state index is -0.0831. The zero-order valence-corrected chi connectivity index (χ0v) is 10.1. The minimum Gasteiger partial charge on any atom is -0.463 e. The Morgan fingerprint density at radius 1 is 1.29 bits per heavy atom. The van der Waals surface area contributed by atoms with Gasteiger partial charge in [-0.2, -0.15) is 0 Å². The molecule has 0 aromatic carbocycles. The van der Waals surface area contributed by atoms with Crippen molar-refractivity contribution < 1.29 is 14.3 Å². The molecule has 0 amide bonds. The molecule has 3 rings (SSSR count). The molecule has 1 aliphatic heterocycles. The lowest BCUT2D eigenvalue weighted by molar-refractivity contribution is -0.154. The van der Waals surface area contributed by atoms with Gasteiger partial charge in [-0.3, -0.25) is 4.79 Å². The van der Waals surface area contributed by atoms with Crippen molar-refractivity contribution in [3.8, 4) is 0 Å². The second-order valence-corrected chi connectivity index (χ2v) is 5.70. The summed E-state index contributed by atoms with van der Waals surface area (Å²) >= 11 is 0. The first-order valence-electron chi connectivity index (χ1n) is 6.79. The molecule has 2 bridgehead atoms. The maximum atomic E-state index is 12.0. The average molecular weight is 239 g/mol. The van der Waals surface area contributed by atoms with Crippen LogP contribution in [0.15, 0.2) is 0 Å². The fourth-order valence-electron chi connectivity index (χ4n) is 3.73. The van der Waals surface area contributed by atoms with E-state index in [1.165, 1.54) is 6.42 Å². The molecule has 0 aromatic heterocycles. The molecule has 5 atom stereocenters. The number of ether oxygens (including phenoxy) is 2. The smallest absolute Gasteiger partial charge is 0.310 e. The third-order valence-corrected chi connectivity index (χ3v) is 4.69. The van der Waals surface area contributed by atoms with E-state index in [1.54, 1.807) is 0 Å². The third-order valence-electron chi connectivity index (χ3n) is 4.69. The van der Waals surface area contributed by atoms with Crippen molar-refractivity contribution in [3.05, 3.63) is 0 Å². The summed E-state index contributed by atoms with van der Waals surface area (Å²) in [7, 11) is 0. The summed E-state index contributed by atoms with van der Waals surface area (Å²) in [5.41, 5.74) is 6.12. The van der Waals surface area contributed by atoms with Gasteiger partial charge in [-0.1, -0.05) is 0 Å². The van der Waals surface area contributed by atoms with Crippen molar-refractivity contribution in [1.82, 2.24) is 0 Å². The molecule has 96 valence electrons. The van der Waals surface area contributed by atoms with E-state index >= 15 is 0 Å². The average Bonchev–Trinajstić information content (AvgIpc) is 3.02. The van der Waals surface area contributed by atoms with Gasteiger partial charge >= 0.3 is 5.97 Å². The van der Waals surface area contributed by atoms with E-state index in [0.29, 0.717) is 18.4 Å². The van der Waals surface area contributed by atoms with Crippen LogP contribution in [0.25, 0.3) is 0 Å². The summed E-state index contributed by atoms with van der Waals surface area (Å²) in [6.45, 7) is 1.22. The molecule has 2 aliphatic carbocycles. The van der Waals surface area contributed by atoms with E-state index in [2.05, 4.69) is 0 Å². The number of fused-ring (bicyclic) bond motifs is 2. The summed E-state index contributed by atoms with van der Waals surface area (Å²) < 4.78 is 10.8. The lowest BCUT2D eigenvalue weighted by Crippen LogP contribution is -2.41. The highest BCUT2D eigenvalue weighted by molar-refractivity contribution is 5.74. The zero-order chi connectivity index (χ0) is 11.8. The molecule has 3 fully saturated rings. The van der Waals surface area contributed by atoms with Crippen molar-refractivity contribution in [2.75, 3.05) is 13.2 Å². The molecule has 0 spiro atoms. The van der Waals surface area contributed by atoms with E-state index in [4.69, 9.17) is 15.2 Å². The number of carbonyl (C=O) groups is 1. The van der Waals surface area contributed by atoms with Gasteiger partial charge < -0.3 is 15.2 Å². The van der Waals surface area contributed by atoms with E-state index in [0.717, 1.165) is 32.3 Å². The summed E-state index contributed by atoms with van der Waals surface area (Å²) in [6.07, 6.45) is 5.68. The van der Waals surface area contributed by atoms with E-state index in [-0.39, 0.29) is 24.0 Å². The summed E-state index contributed by atoms with van der Waals surface area (Å²) in [6, 6.07) is 0.0331. The Morgan fingerprint density at radius 2 is 2.12 bits per heavy atom. The van der Waals surface area contributed by atoms with Crippen LogP contribution in [0.4, 0.5) is 0 Å². The summed E-state index contributed by atoms with van der Waals surface area (Å²) in [4.78, 5) is 12.0. The van der Waals surface area contributed by atoms with Gasteiger partial charge in [0.2, 0.25) is 0 Å². The molecule has 4 heteroatoms. The number of hydrogen-bond acceptors (Lipinski definition) is 4. The van der Waals surface area contributed by atoms with Gasteiger partial charge in [0.05, 0.1) is 12.0 Å². The van der Waals surface area contributed by atoms with Gasteiger partial charge in [-0.25, -0.2) is 0 Å². The molecular weight excluding hydrogens is 218 g/mol. The van der Waals surface area contributed by atoms with Gasteiger partial charge in [0.25, 0.3) is 0 Å². The highest BCUT2D eigenvalue weighted by Gasteiger charge is 2.49. The maximum absolute atomic E-state index is 12.0. The number of esters is 1. The van der Waals surface area contributed by atoms with Gasteiger partial charge in [0, 0.05) is 12.6 Å². The number of hydrogen-bond donors (Lipinski definition) is 1. The Morgan fingerprint density at radius 3 is 2.76 bits per heavy atom. The molecule has 2 saturated carbocycles. The molecule has 1 heterocycles. The third kappa shape index (κ3) is 2.08. The van der Waals surface area contributed by atoms with Crippen LogP contribution in [-0.4, -0.2) is 31.3 Å². The molecule has 4 nitrogen and oxygen atoms in total. The normalized spacial score (nSPS) is 44.2. The number of carbonyl (C=O) groups excluding carboxylic acids is 1. The molecule has 0 radical (unpaired) electrons. The SMILES string of the molecule is NC1C2CCC(C2)C1C(=O)OCC1CCCO1. The van der Waals surface area contributed by atoms with Crippen LogP contribution >= 0.6 is 0 Å². The molecule has 2 N–H and O–H groups in total. The molecule has 3 aliphatic rings. The van der Waals surface area contributed by atoms with Crippen LogP contribution in [0.1, 0.15) is 32.1 Å². The van der Waals surface area contributed by atoms with Crippen LogP contribution in [0, 0.1) is 17.8 Å². The molecule has 5 unspecified atom stereocenters. The van der Waals surface area contributed by atoms with Crippen molar-refractivity contribution in [2.45, 2.75) is 44.2 Å². The Labute approximate surface area is 102 Å². The topological polar surface area (TPSA) is 61.6 Å². The lowest BCUT2D eigenvalue weighted by Gasteiger charge is -2.26. The Hall–Kier alpha value is -0.610. The first kappa shape index (κ1) is 11.5. The molecule has 17 heavy (non-hydrogen) atoms. The maximum Gasteiger partial charge on any atom is 0.310 e. The Balaban J connectivity index is 1.52. The molecule has 0 aromatic rings. The monoisotopic (exact) mass is 239 g/mol. The second-order valence-electron chi connectivity index (χ2n) is 5.70. The molecule has 1 saturated heterocycles. The number of rotatable bonds is 3. The molecular formula is C13H21NO3. The minimum absolute atomic E-state index is 0.0331. The van der Waals surface area contributed by atoms with Crippen LogP contribution < -0.4 is 5.73 Å². The predicted octanol–water partition coefficient (Wildman–Crippen LogP) is 1.08. The highest BCUT2D eigenvalue weighted by Crippen LogP contribution is 2.48. The van der Waals surface area contributed by atoms with E-state index in [1.807, 2.05) is 0 Å². The van der Waals surface area contributed by atoms with Gasteiger partial charge in [0.15, 0.2) is 0 Å².